The van der Waals surface area contributed by atoms with Gasteiger partial charge in [0.05, 0.1) is 5.41 Å². The van der Waals surface area contributed by atoms with E-state index >= 15 is 0 Å². The summed E-state index contributed by atoms with van der Waals surface area (Å²) < 4.78 is 0. The molecule has 1 N–H and O–H groups in total. The monoisotopic (exact) mass is 386 g/mol. The molecular weight excluding hydrogens is 356 g/mol. The summed E-state index contributed by atoms with van der Waals surface area (Å²) in [5.41, 5.74) is 0.0176. The number of hydrogen-bond acceptors (Lipinski definition) is 5. The topological polar surface area (TPSA) is 77.0 Å². The highest BCUT2D eigenvalue weighted by atomic mass is 16.4. The zero-order valence-electron chi connectivity index (χ0n) is 16.6. The van der Waals surface area contributed by atoms with E-state index in [9.17, 15) is 14.7 Å². The van der Waals surface area contributed by atoms with Crippen molar-refractivity contribution >= 4 is 17.7 Å². The second-order valence-corrected chi connectivity index (χ2v) is 8.51. The molecule has 3 aliphatic rings. The minimum absolute atomic E-state index is 0.0317. The van der Waals surface area contributed by atoms with Gasteiger partial charge in [-0.1, -0.05) is 0 Å². The Hall–Kier alpha value is -2.15. The number of carboxylic acid groups (broad SMARTS) is 1. The fourth-order valence-electron chi connectivity index (χ4n) is 5.20. The molecule has 0 saturated carbocycles. The van der Waals surface area contributed by atoms with E-state index in [-0.39, 0.29) is 11.9 Å². The number of rotatable bonds is 3. The molecule has 3 fully saturated rings. The highest BCUT2D eigenvalue weighted by Gasteiger charge is 2.52. The number of nitrogens with zero attached hydrogens (tertiary/aromatic N) is 4. The molecule has 1 aromatic rings. The highest BCUT2D eigenvalue weighted by molar-refractivity contribution is 5.95. The van der Waals surface area contributed by atoms with Gasteiger partial charge in [0.2, 0.25) is 0 Å². The molecule has 7 heteroatoms. The van der Waals surface area contributed by atoms with Gasteiger partial charge in [-0.05, 0) is 64.3 Å². The molecule has 7 nitrogen and oxygen atoms in total. The number of pyridine rings is 1. The van der Waals surface area contributed by atoms with Gasteiger partial charge in [0.1, 0.15) is 5.82 Å². The van der Waals surface area contributed by atoms with Gasteiger partial charge in [0.15, 0.2) is 0 Å². The Bertz CT molecular complexity index is 749. The lowest BCUT2D eigenvalue weighted by Gasteiger charge is -2.52. The molecule has 0 aliphatic carbocycles. The predicted octanol–water partition coefficient (Wildman–Crippen LogP) is 2.08. The van der Waals surface area contributed by atoms with Gasteiger partial charge in [0, 0.05) is 44.0 Å². The first-order valence-electron chi connectivity index (χ1n) is 10.5. The molecule has 3 saturated heterocycles. The predicted molar refractivity (Wildman–Crippen MR) is 107 cm³/mol. The Balaban J connectivity index is 1.54. The van der Waals surface area contributed by atoms with Gasteiger partial charge in [-0.25, -0.2) is 4.98 Å². The van der Waals surface area contributed by atoms with Crippen molar-refractivity contribution in [3.05, 3.63) is 23.9 Å². The van der Waals surface area contributed by atoms with E-state index in [1.54, 1.807) is 12.3 Å². The fraction of sp³-hybridized carbons (Fsp3) is 0.667. The minimum Gasteiger partial charge on any atom is -0.481 e. The van der Waals surface area contributed by atoms with Crippen LogP contribution >= 0.6 is 0 Å². The molecule has 0 aromatic carbocycles. The number of carbonyl (C=O) groups is 2. The average Bonchev–Trinajstić information content (AvgIpc) is 2.74. The quantitative estimate of drug-likeness (QED) is 0.857. The van der Waals surface area contributed by atoms with Crippen molar-refractivity contribution in [2.75, 3.05) is 44.7 Å². The number of likely N-dealkylation sites (N-methyl/N-ethyl adjacent to an activating group) is 1. The van der Waals surface area contributed by atoms with Crippen molar-refractivity contribution in [2.45, 2.75) is 44.6 Å². The van der Waals surface area contributed by atoms with Crippen LogP contribution in [0.3, 0.4) is 0 Å². The maximum Gasteiger partial charge on any atom is 0.311 e. The normalized spacial score (nSPS) is 28.7. The lowest BCUT2D eigenvalue weighted by Crippen LogP contribution is -2.63. The number of amides is 1. The number of hydrogen-bond donors (Lipinski definition) is 1. The average molecular weight is 386 g/mol. The van der Waals surface area contributed by atoms with Crippen LogP contribution in [0.2, 0.25) is 0 Å². The third kappa shape index (κ3) is 3.36. The van der Waals surface area contributed by atoms with Crippen molar-refractivity contribution in [1.29, 1.82) is 0 Å². The number of anilines is 1. The lowest BCUT2D eigenvalue weighted by atomic mass is 9.68. The molecule has 4 heterocycles. The first kappa shape index (κ1) is 19.2. The second kappa shape index (κ2) is 7.70. The summed E-state index contributed by atoms with van der Waals surface area (Å²) in [7, 11) is 2.02. The summed E-state index contributed by atoms with van der Waals surface area (Å²) in [6, 6.07) is 3.64. The standard InChI is InChI=1S/C21H30N4O3/c1-23-10-5-7-21(20(27)28)8-13-25(15-17(21)23)18-14-16(6-9-22-18)19(26)24-11-3-2-4-12-24/h6,9,14,17H,2-5,7-8,10-13,15H2,1H3,(H,27,28)/t17-,21+/m1/s1. The fourth-order valence-corrected chi connectivity index (χ4v) is 5.20. The molecule has 1 aromatic heterocycles. The molecule has 4 rings (SSSR count). The van der Waals surface area contributed by atoms with Gasteiger partial charge in [-0.2, -0.15) is 0 Å². The van der Waals surface area contributed by atoms with E-state index in [0.29, 0.717) is 25.1 Å². The van der Waals surface area contributed by atoms with Gasteiger partial charge in [-0.15, -0.1) is 0 Å². The minimum atomic E-state index is -0.675. The number of piperidine rings is 3. The summed E-state index contributed by atoms with van der Waals surface area (Å²) >= 11 is 0. The van der Waals surface area contributed by atoms with Crippen LogP contribution in [0.1, 0.15) is 48.9 Å². The van der Waals surface area contributed by atoms with E-state index in [2.05, 4.69) is 14.8 Å². The van der Waals surface area contributed by atoms with E-state index in [1.807, 2.05) is 18.0 Å². The summed E-state index contributed by atoms with van der Waals surface area (Å²) in [6.07, 6.45) is 7.32. The van der Waals surface area contributed by atoms with Gasteiger partial charge in [-0.3, -0.25) is 9.59 Å². The highest BCUT2D eigenvalue weighted by Crippen LogP contribution is 2.43. The smallest absolute Gasteiger partial charge is 0.311 e. The van der Waals surface area contributed by atoms with Crippen LogP contribution in [0.15, 0.2) is 18.3 Å². The van der Waals surface area contributed by atoms with Crippen molar-refractivity contribution in [3.8, 4) is 0 Å². The van der Waals surface area contributed by atoms with Gasteiger partial charge in [0.25, 0.3) is 5.91 Å². The first-order valence-corrected chi connectivity index (χ1v) is 10.5. The third-order valence-electron chi connectivity index (χ3n) is 6.91. The zero-order valence-corrected chi connectivity index (χ0v) is 16.6. The van der Waals surface area contributed by atoms with E-state index in [0.717, 1.165) is 51.1 Å². The van der Waals surface area contributed by atoms with E-state index < -0.39 is 11.4 Å². The Morgan fingerprint density at radius 3 is 2.64 bits per heavy atom. The summed E-state index contributed by atoms with van der Waals surface area (Å²) in [4.78, 5) is 35.7. The maximum absolute atomic E-state index is 12.8. The van der Waals surface area contributed by atoms with Crippen LogP contribution in [0, 0.1) is 5.41 Å². The van der Waals surface area contributed by atoms with Crippen molar-refractivity contribution in [1.82, 2.24) is 14.8 Å². The maximum atomic E-state index is 12.8. The zero-order chi connectivity index (χ0) is 19.7. The van der Waals surface area contributed by atoms with Gasteiger partial charge < -0.3 is 19.8 Å². The Morgan fingerprint density at radius 1 is 1.11 bits per heavy atom. The van der Waals surface area contributed by atoms with Crippen LogP contribution < -0.4 is 4.90 Å². The number of fused-ring (bicyclic) bond motifs is 1. The molecule has 0 spiro atoms. The van der Waals surface area contributed by atoms with Crippen LogP contribution in [-0.4, -0.2) is 77.6 Å². The Kier molecular flexibility index (Phi) is 5.27. The molecule has 1 amide bonds. The third-order valence-corrected chi connectivity index (χ3v) is 6.91. The number of carboxylic acids is 1. The van der Waals surface area contributed by atoms with Crippen molar-refractivity contribution in [3.63, 3.8) is 0 Å². The van der Waals surface area contributed by atoms with Crippen molar-refractivity contribution in [2.24, 2.45) is 5.41 Å². The molecular formula is C21H30N4O3. The molecule has 0 bridgehead atoms. The van der Waals surface area contributed by atoms with Crippen LogP contribution in [0.4, 0.5) is 5.82 Å². The summed E-state index contributed by atoms with van der Waals surface area (Å²) in [5.74, 6) is 0.182. The number of carbonyl (C=O) groups excluding carboxylic acids is 1. The molecule has 2 atom stereocenters. The van der Waals surface area contributed by atoms with Gasteiger partial charge >= 0.3 is 5.97 Å². The van der Waals surface area contributed by atoms with E-state index in [1.165, 1.54) is 6.42 Å². The Labute approximate surface area is 166 Å². The number of likely N-dealkylation sites (tertiary alicyclic amines) is 2. The molecule has 28 heavy (non-hydrogen) atoms. The summed E-state index contributed by atoms with van der Waals surface area (Å²) in [6.45, 7) is 3.87. The second-order valence-electron chi connectivity index (χ2n) is 8.51. The van der Waals surface area contributed by atoms with Crippen LogP contribution in [0.5, 0.6) is 0 Å². The number of aromatic nitrogens is 1. The number of aliphatic carboxylic acids is 1. The largest absolute Gasteiger partial charge is 0.481 e. The van der Waals surface area contributed by atoms with Crippen molar-refractivity contribution < 1.29 is 14.7 Å². The van der Waals surface area contributed by atoms with Crippen LogP contribution in [0.25, 0.3) is 0 Å². The lowest BCUT2D eigenvalue weighted by molar-refractivity contribution is -0.158. The summed E-state index contributed by atoms with van der Waals surface area (Å²) in [5, 5.41) is 9.95. The van der Waals surface area contributed by atoms with Crippen LogP contribution in [-0.2, 0) is 4.79 Å². The first-order chi connectivity index (χ1) is 13.5. The molecule has 0 unspecified atom stereocenters. The molecule has 3 aliphatic heterocycles. The molecule has 0 radical (unpaired) electrons. The SMILES string of the molecule is CN1CCC[C@]2(C(=O)O)CCN(c3cc(C(=O)N4CCCCC4)ccn3)C[C@@H]12. The van der Waals surface area contributed by atoms with E-state index in [4.69, 9.17) is 0 Å². The molecule has 152 valence electrons. The Morgan fingerprint density at radius 2 is 1.89 bits per heavy atom.